The second-order valence-electron chi connectivity index (χ2n) is 6.69. The first-order valence-corrected chi connectivity index (χ1v) is 7.96. The van der Waals surface area contributed by atoms with Gasteiger partial charge in [-0.3, -0.25) is 0 Å². The number of amides is 1. The van der Waals surface area contributed by atoms with Gasteiger partial charge in [0.25, 0.3) is 0 Å². The van der Waals surface area contributed by atoms with Crippen molar-refractivity contribution >= 4 is 6.09 Å². The Hall–Kier alpha value is -1.49. The van der Waals surface area contributed by atoms with Gasteiger partial charge in [-0.15, -0.1) is 0 Å². The van der Waals surface area contributed by atoms with E-state index >= 15 is 0 Å². The standard InChI is InChI=1S/C17H31N3O2/c1-8-20(16(21)22-17(4,5)6)10-9-18-12-15-11-13(2)19(7)14(15)3/h11,18H,8-10,12H2,1-7H3. The van der Waals surface area contributed by atoms with E-state index in [-0.39, 0.29) is 6.09 Å². The molecule has 0 saturated carbocycles. The van der Waals surface area contributed by atoms with Crippen LogP contribution in [0.2, 0.25) is 0 Å². The summed E-state index contributed by atoms with van der Waals surface area (Å²) >= 11 is 0. The van der Waals surface area contributed by atoms with Gasteiger partial charge in [-0.2, -0.15) is 0 Å². The molecule has 0 aliphatic carbocycles. The molecule has 126 valence electrons. The largest absolute Gasteiger partial charge is 0.444 e. The predicted octanol–water partition coefficient (Wildman–Crippen LogP) is 2.99. The maximum Gasteiger partial charge on any atom is 0.410 e. The Morgan fingerprint density at radius 3 is 2.45 bits per heavy atom. The number of nitrogens with one attached hydrogen (secondary N) is 1. The Morgan fingerprint density at radius 2 is 2.00 bits per heavy atom. The zero-order valence-electron chi connectivity index (χ0n) is 15.1. The van der Waals surface area contributed by atoms with Crippen LogP contribution in [-0.2, 0) is 18.3 Å². The van der Waals surface area contributed by atoms with Crippen molar-refractivity contribution in [2.45, 2.75) is 53.7 Å². The molecule has 0 fully saturated rings. The van der Waals surface area contributed by atoms with Gasteiger partial charge in [0.2, 0.25) is 0 Å². The molecule has 0 bridgehead atoms. The fourth-order valence-corrected chi connectivity index (χ4v) is 2.25. The molecule has 0 spiro atoms. The van der Waals surface area contributed by atoms with Gasteiger partial charge in [0.05, 0.1) is 0 Å². The van der Waals surface area contributed by atoms with E-state index in [0.29, 0.717) is 13.1 Å². The van der Waals surface area contributed by atoms with Crippen LogP contribution in [0.3, 0.4) is 0 Å². The summed E-state index contributed by atoms with van der Waals surface area (Å²) in [5, 5.41) is 3.40. The number of hydrogen-bond acceptors (Lipinski definition) is 3. The maximum atomic E-state index is 12.0. The van der Waals surface area contributed by atoms with Gasteiger partial charge in [0.15, 0.2) is 0 Å². The van der Waals surface area contributed by atoms with E-state index in [4.69, 9.17) is 4.74 Å². The SMILES string of the molecule is CCN(CCNCc1cc(C)n(C)c1C)C(=O)OC(C)(C)C. The molecule has 1 aromatic heterocycles. The first-order chi connectivity index (χ1) is 10.2. The molecule has 1 N–H and O–H groups in total. The average molecular weight is 309 g/mol. The number of likely N-dealkylation sites (N-methyl/N-ethyl adjacent to an activating group) is 1. The summed E-state index contributed by atoms with van der Waals surface area (Å²) in [4.78, 5) is 13.8. The fraction of sp³-hybridized carbons (Fsp3) is 0.706. The summed E-state index contributed by atoms with van der Waals surface area (Å²) in [6.45, 7) is 14.7. The van der Waals surface area contributed by atoms with Crippen molar-refractivity contribution in [3.05, 3.63) is 23.0 Å². The minimum absolute atomic E-state index is 0.247. The number of carbonyl (C=O) groups excluding carboxylic acids is 1. The normalized spacial score (nSPS) is 11.6. The number of ether oxygens (including phenoxy) is 1. The van der Waals surface area contributed by atoms with Crippen LogP contribution in [-0.4, -0.2) is 40.8 Å². The monoisotopic (exact) mass is 309 g/mol. The van der Waals surface area contributed by atoms with E-state index in [1.807, 2.05) is 27.7 Å². The number of hydrogen-bond donors (Lipinski definition) is 1. The average Bonchev–Trinajstić information content (AvgIpc) is 2.64. The second kappa shape index (κ2) is 7.68. The molecule has 22 heavy (non-hydrogen) atoms. The Morgan fingerprint density at radius 1 is 1.36 bits per heavy atom. The quantitative estimate of drug-likeness (QED) is 0.822. The molecule has 0 unspecified atom stereocenters. The molecule has 0 aliphatic heterocycles. The highest BCUT2D eigenvalue weighted by atomic mass is 16.6. The molecule has 1 aromatic rings. The van der Waals surface area contributed by atoms with Crippen molar-refractivity contribution in [2.75, 3.05) is 19.6 Å². The molecular weight excluding hydrogens is 278 g/mol. The summed E-state index contributed by atoms with van der Waals surface area (Å²) in [6.07, 6.45) is -0.247. The van der Waals surface area contributed by atoms with E-state index < -0.39 is 5.60 Å². The van der Waals surface area contributed by atoms with Crippen molar-refractivity contribution in [2.24, 2.45) is 7.05 Å². The van der Waals surface area contributed by atoms with Crippen molar-refractivity contribution in [3.8, 4) is 0 Å². The lowest BCUT2D eigenvalue weighted by Gasteiger charge is -2.26. The smallest absolute Gasteiger partial charge is 0.410 e. The molecule has 0 aromatic carbocycles. The summed E-state index contributed by atoms with van der Waals surface area (Å²) in [6, 6.07) is 2.20. The molecule has 0 atom stereocenters. The van der Waals surface area contributed by atoms with E-state index in [1.54, 1.807) is 4.90 Å². The molecule has 0 saturated heterocycles. The minimum atomic E-state index is -0.448. The number of rotatable bonds is 6. The molecule has 1 amide bonds. The van der Waals surface area contributed by atoms with Crippen LogP contribution in [0.25, 0.3) is 0 Å². The Balaban J connectivity index is 2.41. The molecule has 0 aliphatic rings. The first-order valence-electron chi connectivity index (χ1n) is 7.96. The van der Waals surface area contributed by atoms with Crippen LogP contribution < -0.4 is 5.32 Å². The number of aryl methyl sites for hydroxylation is 1. The molecule has 5 heteroatoms. The van der Waals surface area contributed by atoms with Crippen LogP contribution in [0.1, 0.15) is 44.6 Å². The van der Waals surface area contributed by atoms with Gasteiger partial charge in [0.1, 0.15) is 5.60 Å². The highest BCUT2D eigenvalue weighted by Gasteiger charge is 2.20. The molecule has 1 rings (SSSR count). The highest BCUT2D eigenvalue weighted by molar-refractivity contribution is 5.68. The van der Waals surface area contributed by atoms with Gasteiger partial charge in [-0.1, -0.05) is 0 Å². The molecule has 1 heterocycles. The maximum absolute atomic E-state index is 12.0. The van der Waals surface area contributed by atoms with E-state index in [1.165, 1.54) is 17.0 Å². The summed E-state index contributed by atoms with van der Waals surface area (Å²) < 4.78 is 7.59. The van der Waals surface area contributed by atoms with Gasteiger partial charge >= 0.3 is 6.09 Å². The van der Waals surface area contributed by atoms with Crippen LogP contribution in [0.15, 0.2) is 6.07 Å². The van der Waals surface area contributed by atoms with Gasteiger partial charge in [-0.05, 0) is 53.2 Å². The van der Waals surface area contributed by atoms with E-state index in [9.17, 15) is 4.79 Å². The molecular formula is C17H31N3O2. The van der Waals surface area contributed by atoms with Crippen molar-refractivity contribution in [3.63, 3.8) is 0 Å². The number of nitrogens with zero attached hydrogens (tertiary/aromatic N) is 2. The summed E-state index contributed by atoms with van der Waals surface area (Å²) in [7, 11) is 2.08. The lowest BCUT2D eigenvalue weighted by Crippen LogP contribution is -2.40. The lowest BCUT2D eigenvalue weighted by atomic mass is 10.2. The van der Waals surface area contributed by atoms with Gasteiger partial charge in [-0.25, -0.2) is 4.79 Å². The van der Waals surface area contributed by atoms with E-state index in [0.717, 1.165) is 13.1 Å². The summed E-state index contributed by atoms with van der Waals surface area (Å²) in [5.41, 5.74) is 3.40. The van der Waals surface area contributed by atoms with Crippen LogP contribution in [0.4, 0.5) is 4.79 Å². The van der Waals surface area contributed by atoms with Crippen LogP contribution in [0, 0.1) is 13.8 Å². The molecule has 5 nitrogen and oxygen atoms in total. The second-order valence-corrected chi connectivity index (χ2v) is 6.69. The minimum Gasteiger partial charge on any atom is -0.444 e. The van der Waals surface area contributed by atoms with Crippen molar-refractivity contribution < 1.29 is 9.53 Å². The van der Waals surface area contributed by atoms with Crippen LogP contribution >= 0.6 is 0 Å². The summed E-state index contributed by atoms with van der Waals surface area (Å²) in [5.74, 6) is 0. The number of carbonyl (C=O) groups is 1. The van der Waals surface area contributed by atoms with E-state index in [2.05, 4.69) is 36.8 Å². The number of aromatic nitrogens is 1. The third-order valence-electron chi connectivity index (χ3n) is 3.79. The third kappa shape index (κ3) is 5.37. The Labute approximate surface area is 134 Å². The molecule has 0 radical (unpaired) electrons. The Bertz CT molecular complexity index is 501. The zero-order valence-corrected chi connectivity index (χ0v) is 15.1. The van der Waals surface area contributed by atoms with Gasteiger partial charge in [0, 0.05) is 44.6 Å². The zero-order chi connectivity index (χ0) is 16.9. The third-order valence-corrected chi connectivity index (χ3v) is 3.79. The first kappa shape index (κ1) is 18.6. The topological polar surface area (TPSA) is 46.5 Å². The van der Waals surface area contributed by atoms with Gasteiger partial charge < -0.3 is 19.5 Å². The van der Waals surface area contributed by atoms with Crippen molar-refractivity contribution in [1.82, 2.24) is 14.8 Å². The van der Waals surface area contributed by atoms with Crippen LogP contribution in [0.5, 0.6) is 0 Å². The van der Waals surface area contributed by atoms with Crippen molar-refractivity contribution in [1.29, 1.82) is 0 Å². The Kier molecular flexibility index (Phi) is 6.48. The predicted molar refractivity (Wildman–Crippen MR) is 90.1 cm³/mol. The highest BCUT2D eigenvalue weighted by Crippen LogP contribution is 2.13. The fourth-order valence-electron chi connectivity index (χ4n) is 2.25. The lowest BCUT2D eigenvalue weighted by molar-refractivity contribution is 0.0262.